The molecule has 1 aromatic carbocycles. The summed E-state index contributed by atoms with van der Waals surface area (Å²) in [6, 6.07) is 6.78. The van der Waals surface area contributed by atoms with Gasteiger partial charge in [-0.25, -0.2) is 9.18 Å². The van der Waals surface area contributed by atoms with Gasteiger partial charge < -0.3 is 15.0 Å². The number of nitriles is 1. The molecule has 2 aliphatic heterocycles. The second kappa shape index (κ2) is 8.30. The fourth-order valence-corrected chi connectivity index (χ4v) is 3.58. The molecule has 28 heavy (non-hydrogen) atoms. The van der Waals surface area contributed by atoms with Gasteiger partial charge in [0.25, 0.3) is 0 Å². The van der Waals surface area contributed by atoms with Crippen LogP contribution in [0.3, 0.4) is 0 Å². The van der Waals surface area contributed by atoms with E-state index in [1.165, 1.54) is 17.9 Å². The van der Waals surface area contributed by atoms with Crippen molar-refractivity contribution in [3.63, 3.8) is 0 Å². The Morgan fingerprint density at radius 1 is 1.46 bits per heavy atom. The molecule has 2 saturated heterocycles. The van der Waals surface area contributed by atoms with Crippen LogP contribution in [0.25, 0.3) is 0 Å². The first-order valence-electron chi connectivity index (χ1n) is 9.24. The summed E-state index contributed by atoms with van der Waals surface area (Å²) >= 11 is 0. The maximum atomic E-state index is 14.8. The van der Waals surface area contributed by atoms with Crippen molar-refractivity contribution in [1.82, 2.24) is 5.32 Å². The molecule has 0 spiro atoms. The second-order valence-electron chi connectivity index (χ2n) is 7.13. The SMILES string of the molecule is CC(=O)NCC1CN(c2ccc(N3CCC(=CC#N)C(C)C3)c(F)c2)C(=O)O1. The van der Waals surface area contributed by atoms with Crippen LogP contribution in [0.15, 0.2) is 29.8 Å². The van der Waals surface area contributed by atoms with E-state index in [9.17, 15) is 14.0 Å². The summed E-state index contributed by atoms with van der Waals surface area (Å²) in [7, 11) is 0. The summed E-state index contributed by atoms with van der Waals surface area (Å²) < 4.78 is 20.0. The molecular weight excluding hydrogens is 363 g/mol. The molecule has 3 rings (SSSR count). The van der Waals surface area contributed by atoms with Crippen LogP contribution in [0.2, 0.25) is 0 Å². The molecular formula is C20H23FN4O3. The van der Waals surface area contributed by atoms with Crippen LogP contribution in [0.1, 0.15) is 20.3 Å². The third-order valence-electron chi connectivity index (χ3n) is 5.08. The van der Waals surface area contributed by atoms with E-state index in [-0.39, 0.29) is 24.9 Å². The zero-order valence-electron chi connectivity index (χ0n) is 15.9. The van der Waals surface area contributed by atoms with Crippen LogP contribution in [0.4, 0.5) is 20.6 Å². The Labute approximate surface area is 163 Å². The van der Waals surface area contributed by atoms with E-state index < -0.39 is 18.0 Å². The van der Waals surface area contributed by atoms with E-state index >= 15 is 0 Å². The van der Waals surface area contributed by atoms with Gasteiger partial charge in [0.2, 0.25) is 5.91 Å². The summed E-state index contributed by atoms with van der Waals surface area (Å²) in [5.74, 6) is -0.431. The van der Waals surface area contributed by atoms with Crippen molar-refractivity contribution in [3.05, 3.63) is 35.7 Å². The molecule has 148 valence electrons. The lowest BCUT2D eigenvalue weighted by Crippen LogP contribution is -2.36. The molecule has 0 saturated carbocycles. The topological polar surface area (TPSA) is 85.7 Å². The van der Waals surface area contributed by atoms with Crippen molar-refractivity contribution >= 4 is 23.4 Å². The van der Waals surface area contributed by atoms with E-state index in [2.05, 4.69) is 11.4 Å². The van der Waals surface area contributed by atoms with Crippen molar-refractivity contribution in [1.29, 1.82) is 5.26 Å². The fraction of sp³-hybridized carbons (Fsp3) is 0.450. The van der Waals surface area contributed by atoms with Gasteiger partial charge in [0.05, 0.1) is 30.5 Å². The number of nitrogens with one attached hydrogen (secondary N) is 1. The van der Waals surface area contributed by atoms with Crippen molar-refractivity contribution < 1.29 is 18.7 Å². The first-order chi connectivity index (χ1) is 13.4. The number of benzene rings is 1. The number of allylic oxidation sites excluding steroid dienone is 1. The van der Waals surface area contributed by atoms with Gasteiger partial charge in [-0.3, -0.25) is 9.69 Å². The van der Waals surface area contributed by atoms with Gasteiger partial charge in [0, 0.05) is 26.1 Å². The predicted molar refractivity (Wildman–Crippen MR) is 102 cm³/mol. The van der Waals surface area contributed by atoms with Gasteiger partial charge in [-0.05, 0) is 30.5 Å². The molecule has 2 amide bonds. The number of piperidine rings is 1. The number of carbonyl (C=O) groups is 2. The number of rotatable bonds is 4. The number of halogens is 1. The maximum Gasteiger partial charge on any atom is 0.414 e. The van der Waals surface area contributed by atoms with E-state index in [1.54, 1.807) is 18.2 Å². The number of anilines is 2. The minimum Gasteiger partial charge on any atom is -0.442 e. The molecule has 2 atom stereocenters. The molecule has 2 unspecified atom stereocenters. The Balaban J connectivity index is 1.69. The van der Waals surface area contributed by atoms with Gasteiger partial charge in [0.1, 0.15) is 11.9 Å². The molecule has 2 aliphatic rings. The van der Waals surface area contributed by atoms with Crippen molar-refractivity contribution in [3.8, 4) is 6.07 Å². The highest BCUT2D eigenvalue weighted by Gasteiger charge is 2.33. The van der Waals surface area contributed by atoms with Gasteiger partial charge in [-0.2, -0.15) is 5.26 Å². The number of hydrogen-bond donors (Lipinski definition) is 1. The Hall–Kier alpha value is -3.08. The van der Waals surface area contributed by atoms with E-state index in [0.717, 1.165) is 12.0 Å². The Morgan fingerprint density at radius 2 is 2.25 bits per heavy atom. The third-order valence-corrected chi connectivity index (χ3v) is 5.08. The van der Waals surface area contributed by atoms with Crippen molar-refractivity contribution in [2.45, 2.75) is 26.4 Å². The molecule has 2 heterocycles. The Bertz CT molecular complexity index is 848. The average molecular weight is 386 g/mol. The lowest BCUT2D eigenvalue weighted by molar-refractivity contribution is -0.119. The van der Waals surface area contributed by atoms with E-state index in [4.69, 9.17) is 10.00 Å². The summed E-state index contributed by atoms with van der Waals surface area (Å²) in [5, 5.41) is 11.4. The highest BCUT2D eigenvalue weighted by atomic mass is 19.1. The number of ether oxygens (including phenoxy) is 1. The minimum atomic E-state index is -0.555. The van der Waals surface area contributed by atoms with E-state index in [0.29, 0.717) is 24.5 Å². The van der Waals surface area contributed by atoms with Gasteiger partial charge >= 0.3 is 6.09 Å². The van der Waals surface area contributed by atoms with E-state index in [1.807, 2.05) is 11.8 Å². The average Bonchev–Trinajstić information content (AvgIpc) is 3.02. The quantitative estimate of drug-likeness (QED) is 0.804. The molecule has 1 aromatic rings. The number of cyclic esters (lactones) is 1. The van der Waals surface area contributed by atoms with Crippen LogP contribution in [-0.2, 0) is 9.53 Å². The van der Waals surface area contributed by atoms with Gasteiger partial charge in [-0.1, -0.05) is 12.5 Å². The number of carbonyl (C=O) groups excluding carboxylic acids is 2. The van der Waals surface area contributed by atoms with Gasteiger partial charge in [-0.15, -0.1) is 0 Å². The molecule has 0 aliphatic carbocycles. The first-order valence-corrected chi connectivity index (χ1v) is 9.24. The van der Waals surface area contributed by atoms with Crippen LogP contribution in [0, 0.1) is 23.1 Å². The summed E-state index contributed by atoms with van der Waals surface area (Å²) in [6.07, 6.45) is 1.28. The van der Waals surface area contributed by atoms with Crippen LogP contribution >= 0.6 is 0 Å². The molecule has 7 nitrogen and oxygen atoms in total. The smallest absolute Gasteiger partial charge is 0.414 e. The second-order valence-corrected chi connectivity index (χ2v) is 7.13. The standard InChI is InChI=1S/C20H23FN4O3/c1-13-11-24(8-6-15(13)5-7-22)19-4-3-16(9-18(19)21)25-12-17(28-20(25)27)10-23-14(2)26/h3-5,9,13,17H,6,8,10-12H2,1-2H3,(H,23,26). The molecule has 0 bridgehead atoms. The number of hydrogen-bond acceptors (Lipinski definition) is 5. The summed E-state index contributed by atoms with van der Waals surface area (Å²) in [5.41, 5.74) is 1.99. The Morgan fingerprint density at radius 3 is 2.89 bits per heavy atom. The minimum absolute atomic E-state index is 0.176. The zero-order valence-corrected chi connectivity index (χ0v) is 15.9. The molecule has 0 aromatic heterocycles. The number of nitrogens with zero attached hydrogens (tertiary/aromatic N) is 3. The zero-order chi connectivity index (χ0) is 20.3. The molecule has 8 heteroatoms. The highest BCUT2D eigenvalue weighted by Crippen LogP contribution is 2.31. The predicted octanol–water partition coefficient (Wildman–Crippen LogP) is 2.58. The summed E-state index contributed by atoms with van der Waals surface area (Å²) in [4.78, 5) is 26.4. The third kappa shape index (κ3) is 4.25. The van der Waals surface area contributed by atoms with Crippen molar-refractivity contribution in [2.24, 2.45) is 5.92 Å². The lowest BCUT2D eigenvalue weighted by atomic mass is 9.92. The monoisotopic (exact) mass is 386 g/mol. The number of amides is 2. The Kier molecular flexibility index (Phi) is 5.83. The largest absolute Gasteiger partial charge is 0.442 e. The van der Waals surface area contributed by atoms with Gasteiger partial charge in [0.15, 0.2) is 0 Å². The van der Waals surface area contributed by atoms with Crippen LogP contribution in [-0.4, -0.2) is 44.3 Å². The van der Waals surface area contributed by atoms with Crippen molar-refractivity contribution in [2.75, 3.05) is 36.0 Å². The molecule has 1 N–H and O–H groups in total. The first kappa shape index (κ1) is 19.7. The summed E-state index contributed by atoms with van der Waals surface area (Å²) in [6.45, 7) is 5.16. The maximum absolute atomic E-state index is 14.8. The van der Waals surface area contributed by atoms with Crippen LogP contribution in [0.5, 0.6) is 0 Å². The normalized spacial score (nSPS) is 23.5. The fourth-order valence-electron chi connectivity index (χ4n) is 3.58. The molecule has 0 radical (unpaired) electrons. The lowest BCUT2D eigenvalue weighted by Gasteiger charge is -2.34. The highest BCUT2D eigenvalue weighted by molar-refractivity contribution is 5.90. The van der Waals surface area contributed by atoms with Crippen LogP contribution < -0.4 is 15.1 Å². The molecule has 2 fully saturated rings.